The summed E-state index contributed by atoms with van der Waals surface area (Å²) in [5.41, 5.74) is -0.369. The number of fused-ring (bicyclic) bond motifs is 1. The molecule has 1 aliphatic rings. The first-order chi connectivity index (χ1) is 10.9. The Bertz CT molecular complexity index is 714. The van der Waals surface area contributed by atoms with Gasteiger partial charge in [0.15, 0.2) is 5.69 Å². The Balaban J connectivity index is 2.02. The summed E-state index contributed by atoms with van der Waals surface area (Å²) in [6, 6.07) is 7.21. The number of aryl methyl sites for hydroxylation is 1. The van der Waals surface area contributed by atoms with Crippen molar-refractivity contribution in [1.82, 2.24) is 9.78 Å². The molecular weight excluding hydrogens is 331 g/mol. The third-order valence-corrected chi connectivity index (χ3v) is 4.23. The molecule has 0 amide bonds. The van der Waals surface area contributed by atoms with E-state index in [0.29, 0.717) is 36.9 Å². The van der Waals surface area contributed by atoms with Crippen LogP contribution in [0.25, 0.3) is 0 Å². The molecule has 8 heteroatoms. The molecule has 0 spiro atoms. The molecule has 0 unspecified atom stereocenters. The number of hydrogen-bond donors (Lipinski definition) is 1. The van der Waals surface area contributed by atoms with Gasteiger partial charge in [-0.05, 0) is 18.1 Å². The lowest BCUT2D eigenvalue weighted by Gasteiger charge is -2.30. The van der Waals surface area contributed by atoms with Gasteiger partial charge in [-0.15, -0.1) is 0 Å². The lowest BCUT2D eigenvalue weighted by atomic mass is 10.1. The largest absolute Gasteiger partial charge is 0.435 e. The number of halogens is 4. The van der Waals surface area contributed by atoms with Crippen LogP contribution < -0.4 is 4.90 Å². The second kappa shape index (κ2) is 6.05. The second-order valence-corrected chi connectivity index (χ2v) is 5.80. The molecule has 0 saturated carbocycles. The highest BCUT2D eigenvalue weighted by atomic mass is 35.5. The minimum absolute atomic E-state index is 0.177. The van der Waals surface area contributed by atoms with Gasteiger partial charge in [-0.3, -0.25) is 0 Å². The van der Waals surface area contributed by atoms with Crippen LogP contribution >= 0.6 is 11.6 Å². The molecular formula is C15H15ClF3N3O. The summed E-state index contributed by atoms with van der Waals surface area (Å²) < 4.78 is 40.7. The summed E-state index contributed by atoms with van der Waals surface area (Å²) in [5.74, 6) is 0.325. The first-order valence-electron chi connectivity index (χ1n) is 7.18. The van der Waals surface area contributed by atoms with Crippen molar-refractivity contribution >= 4 is 17.4 Å². The molecule has 1 aromatic heterocycles. The monoisotopic (exact) mass is 345 g/mol. The Morgan fingerprint density at radius 1 is 1.22 bits per heavy atom. The summed E-state index contributed by atoms with van der Waals surface area (Å²) in [5, 5.41) is 13.7. The summed E-state index contributed by atoms with van der Waals surface area (Å²) in [6.07, 6.45) is -3.90. The minimum atomic E-state index is -4.58. The van der Waals surface area contributed by atoms with Crippen LogP contribution in [-0.2, 0) is 25.9 Å². The number of anilines is 1. The fourth-order valence-electron chi connectivity index (χ4n) is 2.88. The standard InChI is InChI=1S/C15H15ClF3N3O/c16-12-5-2-1-4-10(12)8-21-6-3-7-22-14(21)11(9-23)13(20-22)15(17,18)19/h1-2,4-5,23H,3,6-9H2. The maximum Gasteiger partial charge on any atom is 0.435 e. The summed E-state index contributed by atoms with van der Waals surface area (Å²) in [6.45, 7) is 0.650. The van der Waals surface area contributed by atoms with Crippen LogP contribution in [0.15, 0.2) is 24.3 Å². The van der Waals surface area contributed by atoms with Gasteiger partial charge >= 0.3 is 6.18 Å². The smallest absolute Gasteiger partial charge is 0.391 e. The van der Waals surface area contributed by atoms with Crippen molar-refractivity contribution in [3.05, 3.63) is 46.1 Å². The molecule has 2 aromatic rings. The third-order valence-electron chi connectivity index (χ3n) is 3.86. The lowest BCUT2D eigenvalue weighted by molar-refractivity contribution is -0.142. The molecule has 0 aliphatic carbocycles. The highest BCUT2D eigenvalue weighted by Gasteiger charge is 2.40. The van der Waals surface area contributed by atoms with Crippen LogP contribution in [0.3, 0.4) is 0 Å². The van der Waals surface area contributed by atoms with Crippen LogP contribution in [0.2, 0.25) is 5.02 Å². The number of nitrogens with zero attached hydrogens (tertiary/aromatic N) is 3. The van der Waals surface area contributed by atoms with Crippen LogP contribution in [0.4, 0.5) is 19.0 Å². The molecule has 124 valence electrons. The third kappa shape index (κ3) is 3.03. The van der Waals surface area contributed by atoms with Gasteiger partial charge in [0.25, 0.3) is 0 Å². The first kappa shape index (κ1) is 16.1. The van der Waals surface area contributed by atoms with Crippen molar-refractivity contribution < 1.29 is 18.3 Å². The Morgan fingerprint density at radius 3 is 2.61 bits per heavy atom. The van der Waals surface area contributed by atoms with E-state index in [1.54, 1.807) is 17.0 Å². The summed E-state index contributed by atoms with van der Waals surface area (Å²) in [7, 11) is 0. The average Bonchev–Trinajstić information content (AvgIpc) is 2.89. The van der Waals surface area contributed by atoms with Crippen LogP contribution in [-0.4, -0.2) is 21.4 Å². The van der Waals surface area contributed by atoms with Crippen LogP contribution in [0.5, 0.6) is 0 Å². The zero-order valence-corrected chi connectivity index (χ0v) is 12.9. The van der Waals surface area contributed by atoms with Crippen molar-refractivity contribution in [2.45, 2.75) is 32.3 Å². The minimum Gasteiger partial charge on any atom is -0.391 e. The maximum absolute atomic E-state index is 13.1. The molecule has 0 bridgehead atoms. The van der Waals surface area contributed by atoms with Gasteiger partial charge in [0, 0.05) is 24.7 Å². The molecule has 3 rings (SSSR count). The lowest BCUT2D eigenvalue weighted by Crippen LogP contribution is -2.32. The fourth-order valence-corrected chi connectivity index (χ4v) is 3.07. The van der Waals surface area contributed by atoms with Crippen molar-refractivity contribution in [2.24, 2.45) is 0 Å². The van der Waals surface area contributed by atoms with E-state index in [0.717, 1.165) is 5.56 Å². The Kier molecular flexibility index (Phi) is 4.25. The molecule has 0 radical (unpaired) electrons. The van der Waals surface area contributed by atoms with Gasteiger partial charge in [0.05, 0.1) is 12.2 Å². The molecule has 1 N–H and O–H groups in total. The normalized spacial score (nSPS) is 14.9. The van der Waals surface area contributed by atoms with Crippen LogP contribution in [0.1, 0.15) is 23.2 Å². The van der Waals surface area contributed by atoms with Crippen molar-refractivity contribution in [2.75, 3.05) is 11.4 Å². The van der Waals surface area contributed by atoms with Crippen molar-refractivity contribution in [3.63, 3.8) is 0 Å². The molecule has 1 aliphatic heterocycles. The van der Waals surface area contributed by atoms with Gasteiger partial charge < -0.3 is 10.0 Å². The molecule has 2 heterocycles. The molecule has 0 atom stereocenters. The topological polar surface area (TPSA) is 41.3 Å². The Hall–Kier alpha value is -1.73. The first-order valence-corrected chi connectivity index (χ1v) is 7.55. The van der Waals surface area contributed by atoms with Gasteiger partial charge in [-0.1, -0.05) is 29.8 Å². The van der Waals surface area contributed by atoms with Gasteiger partial charge in [-0.25, -0.2) is 4.68 Å². The average molecular weight is 346 g/mol. The van der Waals surface area contributed by atoms with Crippen molar-refractivity contribution in [1.29, 1.82) is 0 Å². The second-order valence-electron chi connectivity index (χ2n) is 5.40. The molecule has 4 nitrogen and oxygen atoms in total. The highest BCUT2D eigenvalue weighted by Crippen LogP contribution is 2.38. The molecule has 1 aromatic carbocycles. The fraction of sp³-hybridized carbons (Fsp3) is 0.400. The maximum atomic E-state index is 13.1. The van der Waals surface area contributed by atoms with Gasteiger partial charge in [-0.2, -0.15) is 18.3 Å². The van der Waals surface area contributed by atoms with E-state index in [1.165, 1.54) is 4.68 Å². The zero-order valence-electron chi connectivity index (χ0n) is 12.1. The van der Waals surface area contributed by atoms with Crippen LogP contribution in [0, 0.1) is 0 Å². The van der Waals surface area contributed by atoms with E-state index in [9.17, 15) is 18.3 Å². The predicted molar refractivity (Wildman–Crippen MR) is 80.3 cm³/mol. The molecule has 23 heavy (non-hydrogen) atoms. The number of alkyl halides is 3. The predicted octanol–water partition coefficient (Wildman–Crippen LogP) is 3.46. The van der Waals surface area contributed by atoms with E-state index in [-0.39, 0.29) is 5.56 Å². The van der Waals surface area contributed by atoms with Gasteiger partial charge in [0.1, 0.15) is 5.82 Å². The van der Waals surface area contributed by atoms with E-state index in [1.807, 2.05) is 12.1 Å². The highest BCUT2D eigenvalue weighted by molar-refractivity contribution is 6.31. The number of aliphatic hydroxyl groups excluding tert-OH is 1. The Labute approximate surface area is 136 Å². The molecule has 0 saturated heterocycles. The number of hydrogen-bond acceptors (Lipinski definition) is 3. The van der Waals surface area contributed by atoms with Gasteiger partial charge in [0.2, 0.25) is 0 Å². The summed E-state index contributed by atoms with van der Waals surface area (Å²) in [4.78, 5) is 1.79. The van der Waals surface area contributed by atoms with E-state index < -0.39 is 18.5 Å². The quantitative estimate of drug-likeness (QED) is 0.926. The van der Waals surface area contributed by atoms with Crippen molar-refractivity contribution in [3.8, 4) is 0 Å². The van der Waals surface area contributed by atoms with E-state index >= 15 is 0 Å². The van der Waals surface area contributed by atoms with E-state index in [4.69, 9.17) is 11.6 Å². The number of rotatable bonds is 3. The number of aromatic nitrogens is 2. The van der Waals surface area contributed by atoms with E-state index in [2.05, 4.69) is 5.10 Å². The number of aliphatic hydroxyl groups is 1. The zero-order chi connectivity index (χ0) is 16.6. The Morgan fingerprint density at radius 2 is 1.96 bits per heavy atom. The number of benzene rings is 1. The summed E-state index contributed by atoms with van der Waals surface area (Å²) >= 11 is 6.14. The SMILES string of the molecule is OCc1c(C(F)(F)F)nn2c1N(Cc1ccccc1Cl)CCC2. The molecule has 0 fully saturated rings.